The summed E-state index contributed by atoms with van der Waals surface area (Å²) in [6.07, 6.45) is 2.71. The molecule has 0 aromatic rings. The van der Waals surface area contributed by atoms with Crippen LogP contribution in [0.15, 0.2) is 12.7 Å². The first-order chi connectivity index (χ1) is 4.16. The molecule has 0 radical (unpaired) electrons. The first kappa shape index (κ1) is 8.85. The number of hydrogen-bond acceptors (Lipinski definition) is 1. The molecule has 0 saturated heterocycles. The Hall–Kier alpha value is -0.150. The smallest absolute Gasteiger partial charge is 0.0888 e. The third-order valence-electron chi connectivity index (χ3n) is 1.18. The Labute approximate surface area is 58.7 Å². The first-order valence-electron chi connectivity index (χ1n) is 2.92. The minimum absolute atomic E-state index is 0.428. The molecule has 0 heterocycles. The Morgan fingerprint density at radius 1 is 1.89 bits per heavy atom. The zero-order chi connectivity index (χ0) is 7.28. The lowest BCUT2D eigenvalue weighted by Gasteiger charge is -2.00. The van der Waals surface area contributed by atoms with Gasteiger partial charge in [0, 0.05) is 5.75 Å². The summed E-state index contributed by atoms with van der Waals surface area (Å²) in [6.45, 7) is 5.63. The summed E-state index contributed by atoms with van der Waals surface area (Å²) in [5, 5.41) is 5.03. The molecule has 0 aliphatic carbocycles. The van der Waals surface area contributed by atoms with Crippen LogP contribution in [0.5, 0.6) is 0 Å². The van der Waals surface area contributed by atoms with E-state index < -0.39 is 11.0 Å². The quantitative estimate of drug-likeness (QED) is 0.588. The maximum absolute atomic E-state index is 10.3. The highest BCUT2D eigenvalue weighted by atomic mass is 32.2. The van der Waals surface area contributed by atoms with Crippen molar-refractivity contribution in [1.82, 2.24) is 0 Å². The molecule has 0 aliphatic rings. The van der Waals surface area contributed by atoms with Crippen molar-refractivity contribution in [1.29, 1.82) is 0 Å². The van der Waals surface area contributed by atoms with E-state index in [1.807, 2.05) is 13.0 Å². The highest BCUT2D eigenvalue weighted by Crippen LogP contribution is 2.01. The van der Waals surface area contributed by atoms with Gasteiger partial charge >= 0.3 is 0 Å². The lowest BCUT2D eigenvalue weighted by molar-refractivity contribution is 0.664. The summed E-state index contributed by atoms with van der Waals surface area (Å²) >= 11 is 0. The van der Waals surface area contributed by atoms with Crippen molar-refractivity contribution >= 4 is 11.0 Å². The molecule has 2 nitrogen and oxygen atoms in total. The minimum atomic E-state index is -1.14. The molecule has 0 rings (SSSR count). The van der Waals surface area contributed by atoms with Gasteiger partial charge in [-0.2, -0.15) is 0 Å². The third-order valence-corrected chi connectivity index (χ3v) is 1.81. The van der Waals surface area contributed by atoms with Crippen LogP contribution in [0, 0.1) is 5.92 Å². The first-order valence-corrected chi connectivity index (χ1v) is 4.30. The van der Waals surface area contributed by atoms with Crippen molar-refractivity contribution in [3.8, 4) is 0 Å². The normalized spacial score (nSPS) is 16.7. The Balaban J connectivity index is 3.26. The Morgan fingerprint density at radius 2 is 2.44 bits per heavy atom. The molecule has 54 valence electrons. The summed E-state index contributed by atoms with van der Waals surface area (Å²) in [6, 6.07) is 0. The second-order valence-corrected chi connectivity index (χ2v) is 3.26. The lowest BCUT2D eigenvalue weighted by Crippen LogP contribution is -2.09. The van der Waals surface area contributed by atoms with Crippen LogP contribution < -0.4 is 5.14 Å². The second kappa shape index (κ2) is 4.70. The Bertz CT molecular complexity index is 114. The van der Waals surface area contributed by atoms with Crippen LogP contribution in [-0.4, -0.2) is 9.96 Å². The van der Waals surface area contributed by atoms with Gasteiger partial charge in [-0.1, -0.05) is 13.0 Å². The van der Waals surface area contributed by atoms with Crippen LogP contribution in [0.25, 0.3) is 0 Å². The van der Waals surface area contributed by atoms with Crippen LogP contribution in [0.3, 0.4) is 0 Å². The van der Waals surface area contributed by atoms with Gasteiger partial charge in [-0.3, -0.25) is 5.14 Å². The van der Waals surface area contributed by atoms with Gasteiger partial charge in [0.1, 0.15) is 0 Å². The maximum Gasteiger partial charge on any atom is 0.0888 e. The molecule has 0 bridgehead atoms. The van der Waals surface area contributed by atoms with E-state index >= 15 is 0 Å². The van der Waals surface area contributed by atoms with Gasteiger partial charge in [-0.05, 0) is 12.3 Å². The molecule has 2 atom stereocenters. The molecular formula is C6H13NOS. The number of nitrogens with two attached hydrogens (primary N) is 1. The topological polar surface area (TPSA) is 43.1 Å². The van der Waals surface area contributed by atoms with Crippen molar-refractivity contribution in [3.63, 3.8) is 0 Å². The predicted molar refractivity (Wildman–Crippen MR) is 41.2 cm³/mol. The zero-order valence-corrected chi connectivity index (χ0v) is 6.49. The summed E-state index contributed by atoms with van der Waals surface area (Å²) in [7, 11) is -1.14. The average Bonchev–Trinajstić information content (AvgIpc) is 1.83. The van der Waals surface area contributed by atoms with Gasteiger partial charge in [-0.15, -0.1) is 6.58 Å². The van der Waals surface area contributed by atoms with Gasteiger partial charge in [-0.25, -0.2) is 4.21 Å². The SMILES string of the molecule is C=CC(C)CCS(N)=O. The fourth-order valence-electron chi connectivity index (χ4n) is 0.420. The molecule has 0 fully saturated rings. The molecule has 0 spiro atoms. The molecule has 0 saturated carbocycles. The zero-order valence-electron chi connectivity index (χ0n) is 5.67. The molecule has 3 heteroatoms. The molecule has 0 amide bonds. The highest BCUT2D eigenvalue weighted by Gasteiger charge is 1.96. The minimum Gasteiger partial charge on any atom is -0.252 e. The summed E-state index contributed by atoms with van der Waals surface area (Å²) < 4.78 is 10.3. The van der Waals surface area contributed by atoms with E-state index in [4.69, 9.17) is 5.14 Å². The van der Waals surface area contributed by atoms with Gasteiger partial charge in [0.15, 0.2) is 0 Å². The van der Waals surface area contributed by atoms with Crippen molar-refractivity contribution < 1.29 is 4.21 Å². The van der Waals surface area contributed by atoms with Gasteiger partial charge < -0.3 is 0 Å². The van der Waals surface area contributed by atoms with Gasteiger partial charge in [0.05, 0.1) is 11.0 Å². The molecule has 0 aromatic carbocycles. The van der Waals surface area contributed by atoms with Crippen molar-refractivity contribution in [2.45, 2.75) is 13.3 Å². The molecule has 2 unspecified atom stereocenters. The Morgan fingerprint density at radius 3 is 2.78 bits per heavy atom. The lowest BCUT2D eigenvalue weighted by atomic mass is 10.1. The van der Waals surface area contributed by atoms with E-state index in [0.717, 1.165) is 6.42 Å². The predicted octanol–water partition coefficient (Wildman–Crippen LogP) is 0.821. The van der Waals surface area contributed by atoms with Crippen LogP contribution in [0.4, 0.5) is 0 Å². The fraction of sp³-hybridized carbons (Fsp3) is 0.667. The number of rotatable bonds is 4. The summed E-state index contributed by atoms with van der Waals surface area (Å²) in [5.74, 6) is 1.00. The van der Waals surface area contributed by atoms with Crippen molar-refractivity contribution in [2.75, 3.05) is 5.75 Å². The van der Waals surface area contributed by atoms with Crippen LogP contribution in [-0.2, 0) is 11.0 Å². The molecule has 9 heavy (non-hydrogen) atoms. The average molecular weight is 147 g/mol. The monoisotopic (exact) mass is 147 g/mol. The highest BCUT2D eigenvalue weighted by molar-refractivity contribution is 7.82. The molecular weight excluding hydrogens is 134 g/mol. The maximum atomic E-state index is 10.3. The summed E-state index contributed by atoms with van der Waals surface area (Å²) in [4.78, 5) is 0. The second-order valence-electron chi connectivity index (χ2n) is 2.09. The van der Waals surface area contributed by atoms with Crippen molar-refractivity contribution in [2.24, 2.45) is 11.1 Å². The van der Waals surface area contributed by atoms with Gasteiger partial charge in [0.2, 0.25) is 0 Å². The van der Waals surface area contributed by atoms with E-state index in [1.165, 1.54) is 0 Å². The number of allylic oxidation sites excluding steroid dienone is 1. The van der Waals surface area contributed by atoms with Crippen LogP contribution in [0.2, 0.25) is 0 Å². The fourth-order valence-corrected chi connectivity index (χ4v) is 1.02. The molecule has 0 aromatic heterocycles. The molecule has 0 aliphatic heterocycles. The van der Waals surface area contributed by atoms with Crippen molar-refractivity contribution in [3.05, 3.63) is 12.7 Å². The van der Waals surface area contributed by atoms with E-state index in [1.54, 1.807) is 0 Å². The third kappa shape index (κ3) is 5.73. The standard InChI is InChI=1S/C6H13NOS/c1-3-6(2)4-5-9(7)8/h3,6H,1,4-5,7H2,2H3. The van der Waals surface area contributed by atoms with E-state index in [2.05, 4.69) is 6.58 Å². The van der Waals surface area contributed by atoms with E-state index in [0.29, 0.717) is 11.7 Å². The largest absolute Gasteiger partial charge is 0.252 e. The van der Waals surface area contributed by atoms with Crippen LogP contribution in [0.1, 0.15) is 13.3 Å². The molecule has 2 N–H and O–H groups in total. The van der Waals surface area contributed by atoms with Gasteiger partial charge in [0.25, 0.3) is 0 Å². The Kier molecular flexibility index (Phi) is 4.62. The summed E-state index contributed by atoms with van der Waals surface area (Å²) in [5.41, 5.74) is 0. The number of hydrogen-bond donors (Lipinski definition) is 1. The van der Waals surface area contributed by atoms with Crippen LogP contribution >= 0.6 is 0 Å². The van der Waals surface area contributed by atoms with E-state index in [9.17, 15) is 4.21 Å². The van der Waals surface area contributed by atoms with E-state index in [-0.39, 0.29) is 0 Å².